The average molecular weight is 416 g/mol. The first-order valence-electron chi connectivity index (χ1n) is 8.45. The predicted molar refractivity (Wildman–Crippen MR) is 106 cm³/mol. The summed E-state index contributed by atoms with van der Waals surface area (Å²) < 4.78 is 7.55. The minimum absolute atomic E-state index is 0.173. The highest BCUT2D eigenvalue weighted by Crippen LogP contribution is 2.31. The molecule has 8 nitrogen and oxygen atoms in total. The highest BCUT2D eigenvalue weighted by atomic mass is 35.5. The number of nitrogens with zero attached hydrogens (tertiary/aromatic N) is 3. The van der Waals surface area contributed by atoms with Gasteiger partial charge in [-0.15, -0.1) is 0 Å². The Labute approximate surface area is 167 Å². The van der Waals surface area contributed by atoms with E-state index in [2.05, 4.69) is 15.7 Å². The van der Waals surface area contributed by atoms with E-state index in [-0.39, 0.29) is 16.6 Å². The van der Waals surface area contributed by atoms with E-state index in [9.17, 15) is 9.59 Å². The molecular formula is C17H23Cl2N5O3. The maximum atomic E-state index is 12.3. The van der Waals surface area contributed by atoms with E-state index >= 15 is 0 Å². The van der Waals surface area contributed by atoms with Gasteiger partial charge in [-0.05, 0) is 25.5 Å². The van der Waals surface area contributed by atoms with Crippen molar-refractivity contribution in [3.05, 3.63) is 38.5 Å². The first kappa shape index (κ1) is 21.3. The van der Waals surface area contributed by atoms with Gasteiger partial charge in [0.2, 0.25) is 5.91 Å². The Morgan fingerprint density at radius 2 is 2.04 bits per heavy atom. The number of ether oxygens (including phenoxy) is 1. The molecule has 2 N–H and O–H groups in total. The lowest BCUT2D eigenvalue weighted by Crippen LogP contribution is -2.40. The summed E-state index contributed by atoms with van der Waals surface area (Å²) in [5, 5.41) is 10.7. The van der Waals surface area contributed by atoms with Crippen LogP contribution in [0.15, 0.2) is 16.9 Å². The van der Waals surface area contributed by atoms with Crippen LogP contribution in [0.25, 0.3) is 5.69 Å². The number of hydrogen-bond acceptors (Lipinski definition) is 5. The topological polar surface area (TPSA) is 90.2 Å². The van der Waals surface area contributed by atoms with Crippen molar-refractivity contribution < 1.29 is 9.53 Å². The Morgan fingerprint density at radius 1 is 1.33 bits per heavy atom. The van der Waals surface area contributed by atoms with Crippen LogP contribution < -0.4 is 16.3 Å². The Bertz CT molecular complexity index is 878. The highest BCUT2D eigenvalue weighted by molar-refractivity contribution is 6.37. The van der Waals surface area contributed by atoms with Crippen molar-refractivity contribution in [2.75, 3.05) is 25.6 Å². The van der Waals surface area contributed by atoms with E-state index in [4.69, 9.17) is 27.9 Å². The summed E-state index contributed by atoms with van der Waals surface area (Å²) in [4.78, 5) is 24.7. The third kappa shape index (κ3) is 4.82. The average Bonchev–Trinajstić information content (AvgIpc) is 2.88. The molecule has 0 spiro atoms. The molecule has 10 heteroatoms. The lowest BCUT2D eigenvalue weighted by atomic mass is 10.2. The SMILES string of the molecule is CCC(Nc1cc(-n2nc(C)n(C)c2=O)c(Cl)cc1Cl)C(=O)NCCOC. The van der Waals surface area contributed by atoms with Crippen LogP contribution in [0, 0.1) is 6.92 Å². The molecule has 0 saturated heterocycles. The molecule has 27 heavy (non-hydrogen) atoms. The van der Waals surface area contributed by atoms with Crippen molar-refractivity contribution in [1.29, 1.82) is 0 Å². The second-order valence-electron chi connectivity index (χ2n) is 5.97. The number of aromatic nitrogens is 3. The number of carbonyl (C=O) groups is 1. The van der Waals surface area contributed by atoms with Gasteiger partial charge in [-0.2, -0.15) is 9.78 Å². The molecule has 1 amide bonds. The Morgan fingerprint density at radius 3 is 2.59 bits per heavy atom. The molecule has 0 saturated carbocycles. The number of carbonyl (C=O) groups excluding carboxylic acids is 1. The third-order valence-electron chi connectivity index (χ3n) is 4.12. The lowest BCUT2D eigenvalue weighted by molar-refractivity contribution is -0.122. The molecule has 1 heterocycles. The van der Waals surface area contributed by atoms with Crippen LogP contribution in [-0.4, -0.2) is 46.6 Å². The van der Waals surface area contributed by atoms with Gasteiger partial charge in [0.05, 0.1) is 28.0 Å². The zero-order valence-electron chi connectivity index (χ0n) is 15.7. The lowest BCUT2D eigenvalue weighted by Gasteiger charge is -2.19. The van der Waals surface area contributed by atoms with Crippen molar-refractivity contribution in [2.24, 2.45) is 7.05 Å². The van der Waals surface area contributed by atoms with Gasteiger partial charge in [-0.1, -0.05) is 30.1 Å². The van der Waals surface area contributed by atoms with Gasteiger partial charge in [0.25, 0.3) is 0 Å². The van der Waals surface area contributed by atoms with Gasteiger partial charge in [0, 0.05) is 20.7 Å². The number of rotatable bonds is 8. The number of hydrogen-bond donors (Lipinski definition) is 2. The summed E-state index contributed by atoms with van der Waals surface area (Å²) in [6.45, 7) is 4.44. The molecule has 0 aliphatic heterocycles. The van der Waals surface area contributed by atoms with Crippen LogP contribution in [0.3, 0.4) is 0 Å². The van der Waals surface area contributed by atoms with Crippen molar-refractivity contribution in [2.45, 2.75) is 26.3 Å². The van der Waals surface area contributed by atoms with E-state index in [1.165, 1.54) is 15.3 Å². The maximum Gasteiger partial charge on any atom is 0.350 e. The number of benzene rings is 1. The summed E-state index contributed by atoms with van der Waals surface area (Å²) in [5.74, 6) is 0.373. The summed E-state index contributed by atoms with van der Waals surface area (Å²) in [6, 6.07) is 2.63. The molecule has 1 unspecified atom stereocenters. The monoisotopic (exact) mass is 415 g/mol. The number of aryl methyl sites for hydroxylation is 1. The smallest absolute Gasteiger partial charge is 0.350 e. The Balaban J connectivity index is 2.33. The molecule has 0 bridgehead atoms. The molecule has 2 rings (SSSR count). The first-order chi connectivity index (χ1) is 12.8. The minimum Gasteiger partial charge on any atom is -0.383 e. The van der Waals surface area contributed by atoms with Crippen molar-refractivity contribution in [3.8, 4) is 5.69 Å². The summed E-state index contributed by atoms with van der Waals surface area (Å²) in [7, 11) is 3.19. The molecule has 1 atom stereocenters. The van der Waals surface area contributed by atoms with Crippen LogP contribution in [0.1, 0.15) is 19.2 Å². The highest BCUT2D eigenvalue weighted by Gasteiger charge is 2.19. The van der Waals surface area contributed by atoms with Crippen molar-refractivity contribution in [3.63, 3.8) is 0 Å². The van der Waals surface area contributed by atoms with Crippen LogP contribution in [0.2, 0.25) is 10.0 Å². The predicted octanol–water partition coefficient (Wildman–Crippen LogP) is 2.14. The second-order valence-corrected chi connectivity index (χ2v) is 6.79. The molecule has 0 radical (unpaired) electrons. The summed E-state index contributed by atoms with van der Waals surface area (Å²) >= 11 is 12.6. The molecule has 1 aromatic carbocycles. The van der Waals surface area contributed by atoms with Crippen LogP contribution in [0.4, 0.5) is 5.69 Å². The summed E-state index contributed by atoms with van der Waals surface area (Å²) in [6.07, 6.45) is 0.537. The molecule has 0 aliphatic carbocycles. The quantitative estimate of drug-likeness (QED) is 0.644. The molecular weight excluding hydrogens is 393 g/mol. The summed E-state index contributed by atoms with van der Waals surface area (Å²) in [5.41, 5.74) is 0.541. The largest absolute Gasteiger partial charge is 0.383 e. The Kier molecular flexibility index (Phi) is 7.29. The van der Waals surface area contributed by atoms with Crippen molar-refractivity contribution in [1.82, 2.24) is 19.7 Å². The first-order valence-corrected chi connectivity index (χ1v) is 9.21. The standard InChI is InChI=1S/C17H23Cl2N5O3/c1-5-13(16(25)20-6-7-27-4)21-14-9-15(12(19)8-11(14)18)24-17(26)23(3)10(2)22-24/h8-9,13,21H,5-7H2,1-4H3,(H,20,25). The van der Waals surface area contributed by atoms with E-state index in [1.54, 1.807) is 27.1 Å². The van der Waals surface area contributed by atoms with Crippen LogP contribution >= 0.6 is 23.2 Å². The van der Waals surface area contributed by atoms with Gasteiger partial charge in [-0.3, -0.25) is 9.36 Å². The molecule has 0 aliphatic rings. The minimum atomic E-state index is -0.504. The van der Waals surface area contributed by atoms with E-state index in [1.807, 2.05) is 6.92 Å². The molecule has 1 aromatic heterocycles. The number of anilines is 1. The normalized spacial score (nSPS) is 12.1. The van der Waals surface area contributed by atoms with Gasteiger partial charge >= 0.3 is 5.69 Å². The molecule has 148 valence electrons. The van der Waals surface area contributed by atoms with Crippen LogP contribution in [-0.2, 0) is 16.6 Å². The fourth-order valence-electron chi connectivity index (χ4n) is 2.44. The van der Waals surface area contributed by atoms with E-state index in [0.29, 0.717) is 41.8 Å². The third-order valence-corrected chi connectivity index (χ3v) is 4.74. The fourth-order valence-corrected chi connectivity index (χ4v) is 2.96. The number of nitrogens with one attached hydrogen (secondary N) is 2. The molecule has 0 fully saturated rings. The number of amides is 1. The number of methoxy groups -OCH3 is 1. The maximum absolute atomic E-state index is 12.3. The second kappa shape index (κ2) is 9.25. The fraction of sp³-hybridized carbons (Fsp3) is 0.471. The Hall–Kier alpha value is -2.03. The van der Waals surface area contributed by atoms with Gasteiger partial charge in [-0.25, -0.2) is 4.79 Å². The van der Waals surface area contributed by atoms with Gasteiger partial charge in [0.1, 0.15) is 11.9 Å². The van der Waals surface area contributed by atoms with Crippen LogP contribution in [0.5, 0.6) is 0 Å². The molecule has 2 aromatic rings. The zero-order valence-corrected chi connectivity index (χ0v) is 17.2. The van der Waals surface area contributed by atoms with Gasteiger partial charge in [0.15, 0.2) is 0 Å². The van der Waals surface area contributed by atoms with Crippen molar-refractivity contribution >= 4 is 34.8 Å². The van der Waals surface area contributed by atoms with Gasteiger partial charge < -0.3 is 15.4 Å². The van der Waals surface area contributed by atoms with E-state index in [0.717, 1.165) is 0 Å². The van der Waals surface area contributed by atoms with E-state index < -0.39 is 6.04 Å². The zero-order chi connectivity index (χ0) is 20.1. The number of halogens is 2.